The summed E-state index contributed by atoms with van der Waals surface area (Å²) >= 11 is 0. The summed E-state index contributed by atoms with van der Waals surface area (Å²) in [6, 6.07) is 0. The van der Waals surface area contributed by atoms with Crippen molar-refractivity contribution in [1.29, 1.82) is 0 Å². The van der Waals surface area contributed by atoms with E-state index in [2.05, 4.69) is 0 Å². The van der Waals surface area contributed by atoms with Crippen molar-refractivity contribution in [2.45, 2.75) is 0 Å². The van der Waals surface area contributed by atoms with Gasteiger partial charge in [-0.2, -0.15) is 0 Å². The standard InChI is InChI=1S/C4H9NO2.K.H/c1-5(2)3-4(6)7;;/h3H2,1-2H3,(H,6,7);;/q;+1;-1. The molecule has 0 aromatic heterocycles. The third-order valence-corrected chi connectivity index (χ3v) is 0.451. The molecule has 0 aromatic rings. The summed E-state index contributed by atoms with van der Waals surface area (Å²) in [6.07, 6.45) is 0. The second-order valence-electron chi connectivity index (χ2n) is 1.63. The Morgan fingerprint density at radius 2 is 2.12 bits per heavy atom. The normalized spacial score (nSPS) is 8.38. The first-order valence-electron chi connectivity index (χ1n) is 1.99. The average Bonchev–Trinajstić information content (AvgIpc) is 1.27. The van der Waals surface area contributed by atoms with Gasteiger partial charge >= 0.3 is 57.4 Å². The van der Waals surface area contributed by atoms with E-state index in [-0.39, 0.29) is 59.4 Å². The van der Waals surface area contributed by atoms with Crippen molar-refractivity contribution in [3.8, 4) is 0 Å². The minimum Gasteiger partial charge on any atom is -1.00 e. The first kappa shape index (κ1) is 11.8. The van der Waals surface area contributed by atoms with Gasteiger partial charge < -0.3 is 6.53 Å². The first-order chi connectivity index (χ1) is 3.13. The van der Waals surface area contributed by atoms with E-state index in [1.54, 1.807) is 19.0 Å². The van der Waals surface area contributed by atoms with Crippen LogP contribution in [-0.2, 0) is 4.79 Å². The van der Waals surface area contributed by atoms with E-state index in [0.717, 1.165) is 0 Å². The maximum absolute atomic E-state index is 9.77. The molecule has 44 valence electrons. The quantitative estimate of drug-likeness (QED) is 0.413. The summed E-state index contributed by atoms with van der Waals surface area (Å²) in [7, 11) is 3.43. The molecule has 1 N–H and O–H groups in total. The molecule has 4 heteroatoms. The fraction of sp³-hybridized carbons (Fsp3) is 0.750. The summed E-state index contributed by atoms with van der Waals surface area (Å²) in [5, 5.41) is 8.04. The molecule has 0 amide bonds. The van der Waals surface area contributed by atoms with E-state index in [1.807, 2.05) is 0 Å². The van der Waals surface area contributed by atoms with Gasteiger partial charge in [0.2, 0.25) is 0 Å². The third kappa shape index (κ3) is 10.1. The first-order valence-corrected chi connectivity index (χ1v) is 1.99. The van der Waals surface area contributed by atoms with E-state index in [0.29, 0.717) is 0 Å². The van der Waals surface area contributed by atoms with Crippen molar-refractivity contribution in [2.24, 2.45) is 0 Å². The number of rotatable bonds is 2. The zero-order valence-electron chi connectivity index (χ0n) is 6.51. The fourth-order valence-electron chi connectivity index (χ4n) is 0.271. The minimum absolute atomic E-state index is 0. The van der Waals surface area contributed by atoms with Crippen molar-refractivity contribution in [3.63, 3.8) is 0 Å². The van der Waals surface area contributed by atoms with Gasteiger partial charge in [-0.3, -0.25) is 9.69 Å². The summed E-state index contributed by atoms with van der Waals surface area (Å²) < 4.78 is 0. The zero-order valence-corrected chi connectivity index (χ0v) is 8.63. The number of carboxylic acids is 1. The summed E-state index contributed by atoms with van der Waals surface area (Å²) in [5.41, 5.74) is 0. The van der Waals surface area contributed by atoms with Gasteiger partial charge in [0, 0.05) is 0 Å². The number of carboxylic acid groups (broad SMARTS) is 1. The molecule has 0 aromatic carbocycles. The molecule has 0 fully saturated rings. The van der Waals surface area contributed by atoms with Crippen LogP contribution in [0.2, 0.25) is 0 Å². The maximum Gasteiger partial charge on any atom is 1.00 e. The molecule has 0 rings (SSSR count). The molecule has 0 atom stereocenters. The second kappa shape index (κ2) is 6.19. The van der Waals surface area contributed by atoms with Crippen LogP contribution in [0.1, 0.15) is 1.43 Å². The van der Waals surface area contributed by atoms with Crippen LogP contribution in [0.5, 0.6) is 0 Å². The number of hydrogen-bond donors (Lipinski definition) is 1. The van der Waals surface area contributed by atoms with Crippen molar-refractivity contribution in [1.82, 2.24) is 4.90 Å². The van der Waals surface area contributed by atoms with Gasteiger partial charge in [-0.15, -0.1) is 0 Å². The van der Waals surface area contributed by atoms with Gasteiger partial charge in [-0.05, 0) is 14.1 Å². The Morgan fingerprint density at radius 1 is 1.75 bits per heavy atom. The number of carbonyl (C=O) groups is 1. The van der Waals surface area contributed by atoms with Crippen LogP contribution < -0.4 is 51.4 Å². The van der Waals surface area contributed by atoms with Crippen molar-refractivity contribution in [3.05, 3.63) is 0 Å². The van der Waals surface area contributed by atoms with E-state index < -0.39 is 5.97 Å². The molecule has 0 unspecified atom stereocenters. The van der Waals surface area contributed by atoms with Gasteiger partial charge in [-0.1, -0.05) is 0 Å². The SMILES string of the molecule is CN(C)CC(=O)O.[H-].[K+]. The number of hydrogen-bond acceptors (Lipinski definition) is 2. The Morgan fingerprint density at radius 3 is 2.12 bits per heavy atom. The largest absolute Gasteiger partial charge is 1.00 e. The molecule has 8 heavy (non-hydrogen) atoms. The van der Waals surface area contributed by atoms with Gasteiger partial charge in [0.05, 0.1) is 6.54 Å². The molecular formula is C4H10KNO2. The van der Waals surface area contributed by atoms with Gasteiger partial charge in [0.1, 0.15) is 0 Å². The van der Waals surface area contributed by atoms with Crippen LogP contribution in [0, 0.1) is 0 Å². The average molecular weight is 143 g/mol. The molecular weight excluding hydrogens is 133 g/mol. The Balaban J connectivity index is -0.000000180. The van der Waals surface area contributed by atoms with Gasteiger partial charge in [-0.25, -0.2) is 0 Å². The van der Waals surface area contributed by atoms with Crippen molar-refractivity contribution >= 4 is 5.97 Å². The van der Waals surface area contributed by atoms with Crippen LogP contribution in [0.3, 0.4) is 0 Å². The van der Waals surface area contributed by atoms with E-state index in [9.17, 15) is 4.79 Å². The topological polar surface area (TPSA) is 40.5 Å². The molecule has 0 aliphatic carbocycles. The van der Waals surface area contributed by atoms with Gasteiger partial charge in [0.25, 0.3) is 0 Å². The molecule has 0 aliphatic heterocycles. The Bertz CT molecular complexity index is 79.0. The van der Waals surface area contributed by atoms with Crippen molar-refractivity contribution in [2.75, 3.05) is 20.6 Å². The minimum atomic E-state index is -0.787. The molecule has 0 saturated heterocycles. The number of likely N-dealkylation sites (N-methyl/N-ethyl adjacent to an activating group) is 1. The summed E-state index contributed by atoms with van der Waals surface area (Å²) in [4.78, 5) is 11.4. The Kier molecular flexibility index (Phi) is 9.14. The Hall–Kier alpha value is 1.07. The smallest absolute Gasteiger partial charge is 1.00 e. The van der Waals surface area contributed by atoms with Crippen LogP contribution in [-0.4, -0.2) is 36.6 Å². The molecule has 3 nitrogen and oxygen atoms in total. The molecule has 0 saturated carbocycles. The second-order valence-corrected chi connectivity index (χ2v) is 1.63. The molecule has 0 bridgehead atoms. The fourth-order valence-corrected chi connectivity index (χ4v) is 0.271. The molecule has 0 spiro atoms. The number of aliphatic carboxylic acids is 1. The summed E-state index contributed by atoms with van der Waals surface area (Å²) in [6.45, 7) is 0.111. The predicted molar refractivity (Wildman–Crippen MR) is 27.3 cm³/mol. The van der Waals surface area contributed by atoms with Crippen LogP contribution in [0.25, 0.3) is 0 Å². The van der Waals surface area contributed by atoms with Crippen LogP contribution in [0.15, 0.2) is 0 Å². The molecule has 0 radical (unpaired) electrons. The predicted octanol–water partition coefficient (Wildman–Crippen LogP) is -3.25. The van der Waals surface area contributed by atoms with Crippen LogP contribution in [0.4, 0.5) is 0 Å². The van der Waals surface area contributed by atoms with Crippen molar-refractivity contribution < 1.29 is 62.7 Å². The van der Waals surface area contributed by atoms with E-state index >= 15 is 0 Å². The third-order valence-electron chi connectivity index (χ3n) is 0.451. The molecule has 0 aliphatic rings. The van der Waals surface area contributed by atoms with E-state index in [4.69, 9.17) is 5.11 Å². The monoisotopic (exact) mass is 143 g/mol. The Labute approximate surface area is 93.0 Å². The van der Waals surface area contributed by atoms with Crippen LogP contribution >= 0.6 is 0 Å². The van der Waals surface area contributed by atoms with Gasteiger partial charge in [0.15, 0.2) is 0 Å². The molecule has 0 heterocycles. The zero-order chi connectivity index (χ0) is 5.86. The van der Waals surface area contributed by atoms with E-state index in [1.165, 1.54) is 0 Å². The number of nitrogens with zero attached hydrogens (tertiary/aromatic N) is 1. The summed E-state index contributed by atoms with van der Waals surface area (Å²) in [5.74, 6) is -0.787. The maximum atomic E-state index is 9.77.